The van der Waals surface area contributed by atoms with Gasteiger partial charge in [0, 0.05) is 58.9 Å². The molecule has 5 heterocycles. The minimum atomic E-state index is 0.133. The molecule has 5 aromatic rings. The third-order valence-electron chi connectivity index (χ3n) is 9.82. The Balaban J connectivity index is 1.20. The van der Waals surface area contributed by atoms with Crippen LogP contribution in [0.25, 0.3) is 44.7 Å². The van der Waals surface area contributed by atoms with Crippen LogP contribution < -0.4 is 4.74 Å². The summed E-state index contributed by atoms with van der Waals surface area (Å²) in [6.07, 6.45) is 6.60. The number of benzene rings is 1. The number of pyridine rings is 2. The molecule has 41 heavy (non-hydrogen) atoms. The Labute approximate surface area is 239 Å². The number of methoxy groups -OCH3 is 1. The van der Waals surface area contributed by atoms with Gasteiger partial charge in [0.25, 0.3) is 5.91 Å². The standard InChI is InChI=1S/C34H34N4O3/c1-19-25-8-11-28(19)38(18-25)34(39)24-6-9-26-20(2)32(41-30(26)15-24)29-14-23-7-10-27(22-12-13-35-31(16-22)40-3)36-33(23)37(29)17-21-4-5-21/h6-7,9-10,12-16,19,21,25,28H,4-5,8,11,17-18H2,1-3H3/t19-,25?,28?/m1/s1. The van der Waals surface area contributed by atoms with Gasteiger partial charge in [-0.2, -0.15) is 0 Å². The highest BCUT2D eigenvalue weighted by Gasteiger charge is 2.46. The maximum Gasteiger partial charge on any atom is 0.254 e. The van der Waals surface area contributed by atoms with E-state index < -0.39 is 0 Å². The number of carbonyl (C=O) groups is 1. The predicted octanol–water partition coefficient (Wildman–Crippen LogP) is 7.11. The van der Waals surface area contributed by atoms with E-state index in [1.807, 2.05) is 24.3 Å². The van der Waals surface area contributed by atoms with Crippen molar-refractivity contribution < 1.29 is 13.9 Å². The number of hydrogen-bond donors (Lipinski definition) is 0. The van der Waals surface area contributed by atoms with Crippen LogP contribution in [0.1, 0.15) is 48.5 Å². The second-order valence-electron chi connectivity index (χ2n) is 12.3. The number of furan rings is 1. The lowest BCUT2D eigenvalue weighted by molar-refractivity contribution is 0.0696. The molecule has 208 valence electrons. The maximum absolute atomic E-state index is 13.5. The van der Waals surface area contributed by atoms with Gasteiger partial charge in [0.15, 0.2) is 5.76 Å². The first-order valence-corrected chi connectivity index (χ1v) is 14.8. The fourth-order valence-corrected chi connectivity index (χ4v) is 7.21. The molecule has 4 aromatic heterocycles. The number of rotatable bonds is 6. The summed E-state index contributed by atoms with van der Waals surface area (Å²) in [6.45, 7) is 6.21. The summed E-state index contributed by atoms with van der Waals surface area (Å²) in [5, 5.41) is 2.13. The smallest absolute Gasteiger partial charge is 0.254 e. The van der Waals surface area contributed by atoms with Crippen molar-refractivity contribution in [3.8, 4) is 28.6 Å². The van der Waals surface area contributed by atoms with Crippen LogP contribution in [-0.4, -0.2) is 45.0 Å². The quantitative estimate of drug-likeness (QED) is 0.227. The van der Waals surface area contributed by atoms with Gasteiger partial charge in [-0.1, -0.05) is 13.0 Å². The number of aryl methyl sites for hydroxylation is 1. The van der Waals surface area contributed by atoms with Crippen LogP contribution in [0.2, 0.25) is 0 Å². The topological polar surface area (TPSA) is 73.4 Å². The summed E-state index contributed by atoms with van der Waals surface area (Å²) in [6, 6.07) is 16.6. The SMILES string of the molecule is COc1cc(-c2ccc3cc(-c4oc5cc(C(=O)N6CC7CCC6[C@@H]7C)ccc5c4C)n(CC4CC4)c3n2)ccn1. The van der Waals surface area contributed by atoms with Crippen molar-refractivity contribution >= 4 is 27.9 Å². The summed E-state index contributed by atoms with van der Waals surface area (Å²) in [5.74, 6) is 3.46. The monoisotopic (exact) mass is 546 g/mol. The van der Waals surface area contributed by atoms with Gasteiger partial charge in [-0.05, 0) is 86.8 Å². The van der Waals surface area contributed by atoms with Gasteiger partial charge < -0.3 is 18.6 Å². The highest BCUT2D eigenvalue weighted by molar-refractivity contribution is 6.00. The van der Waals surface area contributed by atoms with Gasteiger partial charge in [0.05, 0.1) is 18.5 Å². The van der Waals surface area contributed by atoms with E-state index in [1.54, 1.807) is 13.3 Å². The highest BCUT2D eigenvalue weighted by Crippen LogP contribution is 2.44. The Morgan fingerprint density at radius 3 is 2.71 bits per heavy atom. The fraction of sp³-hybridized carbons (Fsp3) is 0.382. The van der Waals surface area contributed by atoms with E-state index in [0.29, 0.717) is 29.7 Å². The first kappa shape index (κ1) is 24.6. The summed E-state index contributed by atoms with van der Waals surface area (Å²) >= 11 is 0. The molecule has 0 spiro atoms. The molecule has 8 rings (SSSR count). The molecular formula is C34H34N4O3. The zero-order valence-electron chi connectivity index (χ0n) is 23.8. The molecule has 0 N–H and O–H groups in total. The van der Waals surface area contributed by atoms with Gasteiger partial charge in [0.1, 0.15) is 11.2 Å². The molecule has 2 unspecified atom stereocenters. The molecule has 1 saturated heterocycles. The lowest BCUT2D eigenvalue weighted by atomic mass is 10.0. The fourth-order valence-electron chi connectivity index (χ4n) is 7.21. The van der Waals surface area contributed by atoms with Crippen molar-refractivity contribution in [3.05, 3.63) is 65.9 Å². The average molecular weight is 547 g/mol. The Bertz CT molecular complexity index is 1830. The van der Waals surface area contributed by atoms with Gasteiger partial charge in [-0.25, -0.2) is 9.97 Å². The number of nitrogens with zero attached hydrogens (tertiary/aromatic N) is 4. The van der Waals surface area contributed by atoms with Crippen molar-refractivity contribution in [1.29, 1.82) is 0 Å². The number of piperidine rings is 1. The average Bonchev–Trinajstić information content (AvgIpc) is 3.41. The van der Waals surface area contributed by atoms with Crippen molar-refractivity contribution in [3.63, 3.8) is 0 Å². The van der Waals surface area contributed by atoms with Crippen LogP contribution in [0.4, 0.5) is 0 Å². The van der Waals surface area contributed by atoms with Crippen LogP contribution in [0.5, 0.6) is 5.88 Å². The van der Waals surface area contributed by atoms with E-state index in [-0.39, 0.29) is 5.91 Å². The number of likely N-dealkylation sites (tertiary alicyclic amines) is 1. The van der Waals surface area contributed by atoms with Crippen molar-refractivity contribution in [2.24, 2.45) is 17.8 Å². The van der Waals surface area contributed by atoms with Gasteiger partial charge in [-0.3, -0.25) is 4.79 Å². The molecule has 2 bridgehead atoms. The maximum atomic E-state index is 13.5. The van der Waals surface area contributed by atoms with Crippen molar-refractivity contribution in [2.45, 2.75) is 52.1 Å². The Morgan fingerprint density at radius 1 is 1.07 bits per heavy atom. The molecule has 7 heteroatoms. The molecule has 1 amide bonds. The number of ether oxygens (including phenoxy) is 1. The van der Waals surface area contributed by atoms with Gasteiger partial charge in [0.2, 0.25) is 5.88 Å². The van der Waals surface area contributed by atoms with Crippen molar-refractivity contribution in [1.82, 2.24) is 19.4 Å². The summed E-state index contributed by atoms with van der Waals surface area (Å²) < 4.78 is 14.3. The normalized spacial score (nSPS) is 21.8. The lowest BCUT2D eigenvalue weighted by Gasteiger charge is -2.27. The second kappa shape index (κ2) is 9.20. The molecule has 3 aliphatic rings. The molecule has 2 aliphatic carbocycles. The first-order chi connectivity index (χ1) is 20.0. The molecular weight excluding hydrogens is 512 g/mol. The molecule has 2 saturated carbocycles. The number of hydrogen-bond acceptors (Lipinski definition) is 5. The van der Waals surface area contributed by atoms with E-state index in [9.17, 15) is 4.79 Å². The van der Waals surface area contributed by atoms with Crippen LogP contribution in [0.15, 0.2) is 59.1 Å². The summed E-state index contributed by atoms with van der Waals surface area (Å²) in [7, 11) is 1.63. The molecule has 1 aliphatic heterocycles. The zero-order chi connectivity index (χ0) is 27.8. The number of fused-ring (bicyclic) bond motifs is 4. The summed E-state index contributed by atoms with van der Waals surface area (Å²) in [4.78, 5) is 25.0. The number of amides is 1. The van der Waals surface area contributed by atoms with E-state index in [0.717, 1.165) is 75.4 Å². The Kier molecular flexibility index (Phi) is 5.53. The lowest BCUT2D eigenvalue weighted by Crippen LogP contribution is -2.38. The Morgan fingerprint density at radius 2 is 1.95 bits per heavy atom. The molecule has 1 aromatic carbocycles. The molecule has 0 radical (unpaired) electrons. The molecule has 7 nitrogen and oxygen atoms in total. The predicted molar refractivity (Wildman–Crippen MR) is 159 cm³/mol. The van der Waals surface area contributed by atoms with E-state index in [4.69, 9.17) is 14.1 Å². The first-order valence-electron chi connectivity index (χ1n) is 14.8. The van der Waals surface area contributed by atoms with Crippen LogP contribution >= 0.6 is 0 Å². The zero-order valence-corrected chi connectivity index (χ0v) is 23.8. The number of aromatic nitrogens is 3. The minimum absolute atomic E-state index is 0.133. The third-order valence-corrected chi connectivity index (χ3v) is 9.82. The second-order valence-corrected chi connectivity index (χ2v) is 12.3. The largest absolute Gasteiger partial charge is 0.481 e. The summed E-state index contributed by atoms with van der Waals surface area (Å²) in [5.41, 5.74) is 6.42. The van der Waals surface area contributed by atoms with Gasteiger partial charge >= 0.3 is 0 Å². The number of carbonyl (C=O) groups excluding carboxylic acids is 1. The van der Waals surface area contributed by atoms with Crippen molar-refractivity contribution in [2.75, 3.05) is 13.7 Å². The van der Waals surface area contributed by atoms with E-state index in [1.165, 1.54) is 19.3 Å². The van der Waals surface area contributed by atoms with E-state index >= 15 is 0 Å². The minimum Gasteiger partial charge on any atom is -0.481 e. The van der Waals surface area contributed by atoms with Crippen LogP contribution in [-0.2, 0) is 6.54 Å². The van der Waals surface area contributed by atoms with Crippen LogP contribution in [0.3, 0.4) is 0 Å². The molecule has 3 fully saturated rings. The van der Waals surface area contributed by atoms with Gasteiger partial charge in [-0.15, -0.1) is 0 Å². The van der Waals surface area contributed by atoms with Crippen LogP contribution in [0, 0.1) is 24.7 Å². The Hall–Kier alpha value is -4.13. The highest BCUT2D eigenvalue weighted by atomic mass is 16.5. The molecule has 3 atom stereocenters. The third kappa shape index (κ3) is 3.97. The van der Waals surface area contributed by atoms with E-state index in [2.05, 4.69) is 52.6 Å².